The molecule has 114 valence electrons. The molecule has 2 fully saturated rings. The van der Waals surface area contributed by atoms with Crippen molar-refractivity contribution in [3.8, 4) is 0 Å². The fourth-order valence-corrected chi connectivity index (χ4v) is 3.67. The average Bonchev–Trinajstić information content (AvgIpc) is 2.79. The highest BCUT2D eigenvalue weighted by molar-refractivity contribution is 5.87. The van der Waals surface area contributed by atoms with Crippen LogP contribution in [0.15, 0.2) is 18.2 Å². The van der Waals surface area contributed by atoms with Crippen molar-refractivity contribution < 1.29 is 9.90 Å². The monoisotopic (exact) mass is 288 g/mol. The number of carboxylic acid groups (broad SMARTS) is 1. The fourth-order valence-electron chi connectivity index (χ4n) is 3.67. The van der Waals surface area contributed by atoms with Gasteiger partial charge in [-0.1, -0.05) is 6.07 Å². The van der Waals surface area contributed by atoms with Crippen molar-refractivity contribution in [1.29, 1.82) is 0 Å². The molecule has 2 saturated heterocycles. The Labute approximate surface area is 126 Å². The van der Waals surface area contributed by atoms with Gasteiger partial charge in [-0.05, 0) is 69.1 Å². The van der Waals surface area contributed by atoms with Gasteiger partial charge in [0, 0.05) is 19.1 Å². The van der Waals surface area contributed by atoms with Gasteiger partial charge in [-0.2, -0.15) is 0 Å². The minimum absolute atomic E-state index is 0.383. The number of aromatic carboxylic acids is 1. The summed E-state index contributed by atoms with van der Waals surface area (Å²) in [5.74, 6) is -0.846. The number of benzene rings is 1. The molecule has 2 heterocycles. The number of rotatable bonds is 3. The molecule has 3 rings (SSSR count). The van der Waals surface area contributed by atoms with E-state index in [4.69, 9.17) is 5.11 Å². The van der Waals surface area contributed by atoms with Crippen LogP contribution in [-0.4, -0.2) is 53.1 Å². The van der Waals surface area contributed by atoms with Crippen molar-refractivity contribution >= 4 is 5.97 Å². The van der Waals surface area contributed by atoms with Crippen molar-refractivity contribution in [3.05, 3.63) is 34.9 Å². The Morgan fingerprint density at radius 3 is 2.86 bits per heavy atom. The topological polar surface area (TPSA) is 43.8 Å². The van der Waals surface area contributed by atoms with E-state index in [1.807, 2.05) is 13.0 Å². The summed E-state index contributed by atoms with van der Waals surface area (Å²) in [5, 5.41) is 9.05. The van der Waals surface area contributed by atoms with Gasteiger partial charge in [-0.15, -0.1) is 0 Å². The first kappa shape index (κ1) is 14.5. The molecule has 0 aromatic heterocycles. The van der Waals surface area contributed by atoms with E-state index in [0.717, 1.165) is 31.2 Å². The minimum Gasteiger partial charge on any atom is -0.478 e. The molecule has 4 nitrogen and oxygen atoms in total. The third-order valence-corrected chi connectivity index (χ3v) is 4.87. The van der Waals surface area contributed by atoms with Gasteiger partial charge in [0.05, 0.1) is 5.56 Å². The van der Waals surface area contributed by atoms with Crippen LogP contribution in [0.3, 0.4) is 0 Å². The third kappa shape index (κ3) is 3.27. The predicted molar refractivity (Wildman–Crippen MR) is 82.6 cm³/mol. The first-order valence-corrected chi connectivity index (χ1v) is 7.93. The van der Waals surface area contributed by atoms with E-state index in [-0.39, 0.29) is 0 Å². The molecule has 4 heteroatoms. The predicted octanol–water partition coefficient (Wildman–Crippen LogP) is 2.36. The second kappa shape index (κ2) is 6.16. The maximum absolute atomic E-state index is 11.0. The lowest BCUT2D eigenvalue weighted by Gasteiger charge is -2.26. The zero-order valence-corrected chi connectivity index (χ0v) is 12.7. The number of hydrogen-bond acceptors (Lipinski definition) is 3. The van der Waals surface area contributed by atoms with Crippen molar-refractivity contribution in [2.45, 2.75) is 38.8 Å². The fraction of sp³-hybridized carbons (Fsp3) is 0.588. The summed E-state index contributed by atoms with van der Waals surface area (Å²) in [6.07, 6.45) is 3.90. The van der Waals surface area contributed by atoms with E-state index >= 15 is 0 Å². The van der Waals surface area contributed by atoms with Crippen LogP contribution >= 0.6 is 0 Å². The minimum atomic E-state index is -0.846. The largest absolute Gasteiger partial charge is 0.478 e. The standard InChI is InChI=1S/C17H24N2O2/c1-13-10-14(17(20)21)5-6-15(13)11-18-7-3-9-19-8-2-4-16(19)12-18/h5-6,10,16H,2-4,7-9,11-12H2,1H3,(H,20,21). The molecular formula is C17H24N2O2. The van der Waals surface area contributed by atoms with Crippen LogP contribution in [0.25, 0.3) is 0 Å². The highest BCUT2D eigenvalue weighted by Gasteiger charge is 2.28. The average molecular weight is 288 g/mol. The van der Waals surface area contributed by atoms with Crippen LogP contribution in [0, 0.1) is 6.92 Å². The molecule has 1 aromatic carbocycles. The molecule has 0 radical (unpaired) electrons. The molecule has 0 spiro atoms. The van der Waals surface area contributed by atoms with Gasteiger partial charge in [0.2, 0.25) is 0 Å². The molecule has 0 aliphatic carbocycles. The van der Waals surface area contributed by atoms with Crippen LogP contribution < -0.4 is 0 Å². The number of aryl methyl sites for hydroxylation is 1. The molecule has 1 N–H and O–H groups in total. The van der Waals surface area contributed by atoms with Crippen molar-refractivity contribution in [3.63, 3.8) is 0 Å². The van der Waals surface area contributed by atoms with E-state index in [0.29, 0.717) is 5.56 Å². The van der Waals surface area contributed by atoms with Crippen LogP contribution in [0.5, 0.6) is 0 Å². The molecule has 1 unspecified atom stereocenters. The van der Waals surface area contributed by atoms with Crippen LogP contribution in [-0.2, 0) is 6.54 Å². The summed E-state index contributed by atoms with van der Waals surface area (Å²) in [6, 6.07) is 6.23. The third-order valence-electron chi connectivity index (χ3n) is 4.87. The normalized spacial score (nSPS) is 23.8. The van der Waals surface area contributed by atoms with E-state index in [2.05, 4.69) is 9.80 Å². The molecule has 2 aliphatic heterocycles. The Morgan fingerprint density at radius 1 is 1.29 bits per heavy atom. The highest BCUT2D eigenvalue weighted by Crippen LogP contribution is 2.23. The Kier molecular flexibility index (Phi) is 4.27. The summed E-state index contributed by atoms with van der Waals surface area (Å²) in [5.41, 5.74) is 2.72. The van der Waals surface area contributed by atoms with Crippen LogP contribution in [0.4, 0.5) is 0 Å². The first-order valence-electron chi connectivity index (χ1n) is 7.93. The number of nitrogens with zero attached hydrogens (tertiary/aromatic N) is 2. The summed E-state index contributed by atoms with van der Waals surface area (Å²) in [4.78, 5) is 16.2. The van der Waals surface area contributed by atoms with Crippen LogP contribution in [0.1, 0.15) is 40.7 Å². The lowest BCUT2D eigenvalue weighted by atomic mass is 10.0. The summed E-state index contributed by atoms with van der Waals surface area (Å²) >= 11 is 0. The van der Waals surface area contributed by atoms with Gasteiger partial charge in [0.1, 0.15) is 0 Å². The van der Waals surface area contributed by atoms with Gasteiger partial charge in [0.25, 0.3) is 0 Å². The quantitative estimate of drug-likeness (QED) is 0.927. The Hall–Kier alpha value is -1.39. The number of fused-ring (bicyclic) bond motifs is 1. The Balaban J connectivity index is 1.69. The van der Waals surface area contributed by atoms with Gasteiger partial charge in [0.15, 0.2) is 0 Å². The SMILES string of the molecule is Cc1cc(C(=O)O)ccc1CN1CCCN2CCCC2C1. The Bertz CT molecular complexity index is 530. The van der Waals surface area contributed by atoms with E-state index < -0.39 is 5.97 Å². The molecular weight excluding hydrogens is 264 g/mol. The number of hydrogen-bond donors (Lipinski definition) is 1. The van der Waals surface area contributed by atoms with E-state index in [1.54, 1.807) is 12.1 Å². The smallest absolute Gasteiger partial charge is 0.335 e. The second-order valence-corrected chi connectivity index (χ2v) is 6.37. The lowest BCUT2D eigenvalue weighted by Crippen LogP contribution is -2.36. The molecule has 0 saturated carbocycles. The number of carbonyl (C=O) groups is 1. The summed E-state index contributed by atoms with van der Waals surface area (Å²) in [6.45, 7) is 7.76. The zero-order chi connectivity index (χ0) is 14.8. The molecule has 1 aromatic rings. The molecule has 1 atom stereocenters. The summed E-state index contributed by atoms with van der Waals surface area (Å²) < 4.78 is 0. The molecule has 0 bridgehead atoms. The lowest BCUT2D eigenvalue weighted by molar-refractivity contribution is 0.0696. The zero-order valence-electron chi connectivity index (χ0n) is 12.7. The Morgan fingerprint density at radius 2 is 2.10 bits per heavy atom. The van der Waals surface area contributed by atoms with Crippen LogP contribution in [0.2, 0.25) is 0 Å². The first-order chi connectivity index (χ1) is 10.1. The molecule has 0 amide bonds. The van der Waals surface area contributed by atoms with E-state index in [9.17, 15) is 4.79 Å². The second-order valence-electron chi connectivity index (χ2n) is 6.37. The van der Waals surface area contributed by atoms with Gasteiger partial charge < -0.3 is 5.11 Å². The van der Waals surface area contributed by atoms with Crippen molar-refractivity contribution in [2.24, 2.45) is 0 Å². The highest BCUT2D eigenvalue weighted by atomic mass is 16.4. The molecule has 21 heavy (non-hydrogen) atoms. The van der Waals surface area contributed by atoms with Gasteiger partial charge >= 0.3 is 5.97 Å². The van der Waals surface area contributed by atoms with Gasteiger partial charge in [-0.25, -0.2) is 4.79 Å². The van der Waals surface area contributed by atoms with Crippen molar-refractivity contribution in [1.82, 2.24) is 9.80 Å². The van der Waals surface area contributed by atoms with Gasteiger partial charge in [-0.3, -0.25) is 9.80 Å². The molecule has 2 aliphatic rings. The maximum atomic E-state index is 11.0. The summed E-state index contributed by atoms with van der Waals surface area (Å²) in [7, 11) is 0. The van der Waals surface area contributed by atoms with Crippen molar-refractivity contribution in [2.75, 3.05) is 26.2 Å². The number of carboxylic acids is 1. The maximum Gasteiger partial charge on any atom is 0.335 e. The van der Waals surface area contributed by atoms with E-state index in [1.165, 1.54) is 37.9 Å².